The lowest BCUT2D eigenvalue weighted by atomic mass is 9.96. The Morgan fingerprint density at radius 3 is 2.71 bits per heavy atom. The van der Waals surface area contributed by atoms with Crippen LogP contribution in [-0.4, -0.2) is 45.0 Å². The molecular formula is C29H24N6O3. The lowest BCUT2D eigenvalue weighted by Gasteiger charge is -2.18. The van der Waals surface area contributed by atoms with Gasteiger partial charge in [-0.3, -0.25) is 9.69 Å². The van der Waals surface area contributed by atoms with Gasteiger partial charge in [0.05, 0.1) is 24.8 Å². The average molecular weight is 505 g/mol. The van der Waals surface area contributed by atoms with Crippen LogP contribution in [0, 0.1) is 11.3 Å². The second kappa shape index (κ2) is 8.78. The van der Waals surface area contributed by atoms with Crippen LogP contribution in [0.4, 0.5) is 5.82 Å². The van der Waals surface area contributed by atoms with Gasteiger partial charge in [0.15, 0.2) is 5.82 Å². The molecule has 0 radical (unpaired) electrons. The van der Waals surface area contributed by atoms with Crippen molar-refractivity contribution in [2.45, 2.75) is 31.4 Å². The van der Waals surface area contributed by atoms with E-state index >= 15 is 0 Å². The van der Waals surface area contributed by atoms with Crippen molar-refractivity contribution in [2.24, 2.45) is 7.05 Å². The minimum absolute atomic E-state index is 0.0899. The van der Waals surface area contributed by atoms with Crippen molar-refractivity contribution in [1.29, 1.82) is 5.26 Å². The first-order valence-electron chi connectivity index (χ1n) is 12.7. The number of nitriles is 1. The fourth-order valence-electron chi connectivity index (χ4n) is 4.90. The Labute approximate surface area is 219 Å². The molecule has 38 heavy (non-hydrogen) atoms. The van der Waals surface area contributed by atoms with Crippen LogP contribution in [0.3, 0.4) is 0 Å². The molecular weight excluding hydrogens is 480 g/mol. The number of nitrogens with zero attached hydrogens (tertiary/aromatic N) is 6. The van der Waals surface area contributed by atoms with Crippen LogP contribution in [0.5, 0.6) is 5.75 Å². The largest absolute Gasteiger partial charge is 0.491 e. The van der Waals surface area contributed by atoms with Crippen molar-refractivity contribution in [2.75, 3.05) is 18.1 Å². The van der Waals surface area contributed by atoms with Crippen LogP contribution in [0.1, 0.15) is 45.9 Å². The Kier molecular flexibility index (Phi) is 5.23. The summed E-state index contributed by atoms with van der Waals surface area (Å²) in [5.41, 5.74) is 5.74. The molecule has 2 aromatic heterocycles. The van der Waals surface area contributed by atoms with E-state index in [-0.39, 0.29) is 12.0 Å². The minimum Gasteiger partial charge on any atom is -0.491 e. The maximum atomic E-state index is 13.6. The average Bonchev–Trinajstić information content (AvgIpc) is 3.88. The minimum atomic E-state index is -0.0899. The summed E-state index contributed by atoms with van der Waals surface area (Å²) in [5, 5.41) is 17.9. The molecule has 4 heterocycles. The molecule has 0 spiro atoms. The van der Waals surface area contributed by atoms with Gasteiger partial charge in [-0.05, 0) is 65.9 Å². The molecule has 0 N–H and O–H groups in total. The van der Waals surface area contributed by atoms with E-state index in [4.69, 9.17) is 14.5 Å². The number of aromatic nitrogens is 4. The second-order valence-corrected chi connectivity index (χ2v) is 10.0. The molecule has 2 aromatic carbocycles. The van der Waals surface area contributed by atoms with Crippen molar-refractivity contribution >= 4 is 11.7 Å². The zero-order chi connectivity index (χ0) is 25.8. The fourth-order valence-corrected chi connectivity index (χ4v) is 4.90. The van der Waals surface area contributed by atoms with Gasteiger partial charge in [-0.15, -0.1) is 10.2 Å². The van der Waals surface area contributed by atoms with E-state index in [0.29, 0.717) is 47.6 Å². The quantitative estimate of drug-likeness (QED) is 0.347. The molecule has 0 bridgehead atoms. The van der Waals surface area contributed by atoms with Crippen molar-refractivity contribution in [3.05, 3.63) is 77.2 Å². The molecule has 1 atom stereocenters. The smallest absolute Gasteiger partial charge is 0.260 e. The highest BCUT2D eigenvalue weighted by Crippen LogP contribution is 2.43. The molecule has 2 aliphatic heterocycles. The number of carbonyl (C=O) groups is 1. The Bertz CT molecular complexity index is 1630. The van der Waals surface area contributed by atoms with Crippen molar-refractivity contribution in [1.82, 2.24) is 19.7 Å². The number of rotatable bonds is 7. The van der Waals surface area contributed by atoms with Gasteiger partial charge in [-0.25, -0.2) is 4.98 Å². The number of carbonyl (C=O) groups excluding carboxylic acids is 1. The SMILES string of the molecule is Cn1cnnc1-c1cc(C#N)ccc1-c1cc(C2CC2)nc(N2Cc3ccc(OC[C@H]4CO4)cc3C2=O)c1. The summed E-state index contributed by atoms with van der Waals surface area (Å²) < 4.78 is 12.9. The van der Waals surface area contributed by atoms with Crippen LogP contribution in [0.2, 0.25) is 0 Å². The molecule has 4 aromatic rings. The zero-order valence-electron chi connectivity index (χ0n) is 20.8. The van der Waals surface area contributed by atoms with E-state index in [1.807, 2.05) is 48.0 Å². The molecule has 1 saturated heterocycles. The number of ether oxygens (including phenoxy) is 2. The fraction of sp³-hybridized carbons (Fsp3) is 0.276. The summed E-state index contributed by atoms with van der Waals surface area (Å²) in [4.78, 5) is 20.3. The molecule has 9 heteroatoms. The number of benzene rings is 2. The number of hydrogen-bond donors (Lipinski definition) is 0. The molecule has 1 amide bonds. The molecule has 3 aliphatic rings. The van der Waals surface area contributed by atoms with Crippen LogP contribution < -0.4 is 9.64 Å². The summed E-state index contributed by atoms with van der Waals surface area (Å²) in [6.07, 6.45) is 3.95. The maximum Gasteiger partial charge on any atom is 0.260 e. The molecule has 0 unspecified atom stereocenters. The molecule has 1 saturated carbocycles. The Morgan fingerprint density at radius 2 is 1.97 bits per heavy atom. The summed E-state index contributed by atoms with van der Waals surface area (Å²) in [7, 11) is 1.88. The van der Waals surface area contributed by atoms with E-state index in [0.717, 1.165) is 47.4 Å². The van der Waals surface area contributed by atoms with Gasteiger partial charge in [0.25, 0.3) is 5.91 Å². The highest BCUT2D eigenvalue weighted by Gasteiger charge is 2.33. The standard InChI is InChI=1S/C29H24N6O3/c1-34-16-31-33-28(34)25-8-17(12-30)2-7-23(25)20-9-26(18-3-4-18)32-27(10-20)35-13-19-5-6-21(11-24(19)29(35)36)37-14-22-15-38-22/h2,5-11,16,18,22H,3-4,13-15H2,1H3/t22-/m0/s1. The lowest BCUT2D eigenvalue weighted by Crippen LogP contribution is -2.24. The predicted octanol–water partition coefficient (Wildman–Crippen LogP) is 4.23. The van der Waals surface area contributed by atoms with E-state index in [1.54, 1.807) is 17.3 Å². The maximum absolute atomic E-state index is 13.6. The van der Waals surface area contributed by atoms with Crippen LogP contribution in [0.15, 0.2) is 54.9 Å². The van der Waals surface area contributed by atoms with E-state index in [9.17, 15) is 10.1 Å². The summed E-state index contributed by atoms with van der Waals surface area (Å²) in [6.45, 7) is 1.66. The van der Waals surface area contributed by atoms with Crippen molar-refractivity contribution in [3.63, 3.8) is 0 Å². The Balaban J connectivity index is 1.28. The molecule has 9 nitrogen and oxygen atoms in total. The molecule has 1 aliphatic carbocycles. The number of aryl methyl sites for hydroxylation is 1. The first kappa shape index (κ1) is 22.6. The number of amides is 1. The highest BCUT2D eigenvalue weighted by atomic mass is 16.6. The number of anilines is 1. The number of fused-ring (bicyclic) bond motifs is 1. The highest BCUT2D eigenvalue weighted by molar-refractivity contribution is 6.10. The van der Waals surface area contributed by atoms with Gasteiger partial charge in [-0.2, -0.15) is 5.26 Å². The number of pyridine rings is 1. The first-order valence-corrected chi connectivity index (χ1v) is 12.7. The van der Waals surface area contributed by atoms with Gasteiger partial charge in [0.1, 0.15) is 30.6 Å². The number of epoxide rings is 1. The summed E-state index contributed by atoms with van der Waals surface area (Å²) in [6, 6.07) is 17.5. The van der Waals surface area contributed by atoms with Crippen LogP contribution >= 0.6 is 0 Å². The summed E-state index contributed by atoms with van der Waals surface area (Å²) >= 11 is 0. The third kappa shape index (κ3) is 4.09. The van der Waals surface area contributed by atoms with Gasteiger partial charge in [0, 0.05) is 29.8 Å². The third-order valence-corrected chi connectivity index (χ3v) is 7.24. The van der Waals surface area contributed by atoms with Gasteiger partial charge >= 0.3 is 0 Å². The van der Waals surface area contributed by atoms with Crippen LogP contribution in [-0.2, 0) is 18.3 Å². The van der Waals surface area contributed by atoms with Gasteiger partial charge in [0.2, 0.25) is 0 Å². The second-order valence-electron chi connectivity index (χ2n) is 10.0. The number of hydrogen-bond acceptors (Lipinski definition) is 7. The monoisotopic (exact) mass is 504 g/mol. The first-order chi connectivity index (χ1) is 18.6. The van der Waals surface area contributed by atoms with Crippen LogP contribution in [0.25, 0.3) is 22.5 Å². The van der Waals surface area contributed by atoms with E-state index in [1.165, 1.54) is 0 Å². The normalized spacial score (nSPS) is 17.8. The molecule has 7 rings (SSSR count). The Hall–Kier alpha value is -4.55. The van der Waals surface area contributed by atoms with E-state index in [2.05, 4.69) is 22.3 Å². The third-order valence-electron chi connectivity index (χ3n) is 7.24. The molecule has 188 valence electrons. The Morgan fingerprint density at radius 1 is 1.11 bits per heavy atom. The van der Waals surface area contributed by atoms with Crippen molar-refractivity contribution < 1.29 is 14.3 Å². The van der Waals surface area contributed by atoms with Gasteiger partial charge in [-0.1, -0.05) is 12.1 Å². The van der Waals surface area contributed by atoms with E-state index < -0.39 is 0 Å². The predicted molar refractivity (Wildman–Crippen MR) is 139 cm³/mol. The van der Waals surface area contributed by atoms with Gasteiger partial charge < -0.3 is 14.0 Å². The zero-order valence-corrected chi connectivity index (χ0v) is 20.8. The topological polar surface area (TPSA) is 109 Å². The molecule has 2 fully saturated rings. The summed E-state index contributed by atoms with van der Waals surface area (Å²) in [5.74, 6) is 2.24. The van der Waals surface area contributed by atoms with Crippen molar-refractivity contribution in [3.8, 4) is 34.3 Å². The lowest BCUT2D eigenvalue weighted by molar-refractivity contribution is 0.0995.